The van der Waals surface area contributed by atoms with Gasteiger partial charge in [0.2, 0.25) is 0 Å². The molecule has 112 valence electrons. The van der Waals surface area contributed by atoms with Crippen molar-refractivity contribution in [1.82, 2.24) is 0 Å². The molecule has 0 unspecified atom stereocenters. The molecule has 3 rings (SSSR count). The van der Waals surface area contributed by atoms with Crippen LogP contribution in [0.4, 0.5) is 16.2 Å². The number of fused-ring (bicyclic) bond motifs is 2. The number of nitrogens with zero attached hydrogens (tertiary/aromatic N) is 1. The third kappa shape index (κ3) is 2.75. The monoisotopic (exact) mass is 293 g/mol. The second kappa shape index (κ2) is 5.34. The standard InChI is InChI=1S/C19H19NO2/c1-19(2,3)22-18(21)20-16-10-6-4-8-14(16)12-13-15-9-5-7-11-17(15)20/h4-13H,1-3H3. The van der Waals surface area contributed by atoms with Crippen LogP contribution >= 0.6 is 0 Å². The van der Waals surface area contributed by atoms with E-state index in [1.807, 2.05) is 81.5 Å². The minimum atomic E-state index is -0.541. The van der Waals surface area contributed by atoms with E-state index in [-0.39, 0.29) is 6.09 Å². The van der Waals surface area contributed by atoms with Crippen molar-refractivity contribution in [3.8, 4) is 0 Å². The molecule has 0 fully saturated rings. The van der Waals surface area contributed by atoms with Gasteiger partial charge in [-0.3, -0.25) is 0 Å². The van der Waals surface area contributed by atoms with Crippen LogP contribution in [0.25, 0.3) is 12.2 Å². The van der Waals surface area contributed by atoms with Gasteiger partial charge >= 0.3 is 6.09 Å². The zero-order chi connectivity index (χ0) is 15.7. The van der Waals surface area contributed by atoms with E-state index in [0.29, 0.717) is 0 Å². The molecule has 1 aliphatic rings. The predicted octanol–water partition coefficient (Wildman–Crippen LogP) is 5.24. The van der Waals surface area contributed by atoms with Gasteiger partial charge in [0.15, 0.2) is 0 Å². The number of hydrogen-bond donors (Lipinski definition) is 0. The van der Waals surface area contributed by atoms with E-state index < -0.39 is 5.60 Å². The Morgan fingerprint density at radius 3 is 1.77 bits per heavy atom. The first-order chi connectivity index (χ1) is 10.5. The second-order valence-corrected chi connectivity index (χ2v) is 6.27. The maximum absolute atomic E-state index is 12.8. The van der Waals surface area contributed by atoms with Crippen molar-refractivity contribution in [3.05, 3.63) is 59.7 Å². The van der Waals surface area contributed by atoms with Crippen LogP contribution in [0.2, 0.25) is 0 Å². The summed E-state index contributed by atoms with van der Waals surface area (Å²) in [5, 5.41) is 0. The van der Waals surface area contributed by atoms with E-state index in [1.54, 1.807) is 4.90 Å². The van der Waals surface area contributed by atoms with E-state index in [0.717, 1.165) is 22.5 Å². The fourth-order valence-corrected chi connectivity index (χ4v) is 2.48. The van der Waals surface area contributed by atoms with E-state index in [2.05, 4.69) is 0 Å². The fraction of sp³-hybridized carbons (Fsp3) is 0.211. The predicted molar refractivity (Wildman–Crippen MR) is 90.2 cm³/mol. The molecular weight excluding hydrogens is 274 g/mol. The van der Waals surface area contributed by atoms with Crippen molar-refractivity contribution in [3.63, 3.8) is 0 Å². The number of amides is 1. The van der Waals surface area contributed by atoms with E-state index in [9.17, 15) is 4.79 Å². The van der Waals surface area contributed by atoms with Crippen molar-refractivity contribution < 1.29 is 9.53 Å². The molecule has 0 radical (unpaired) electrons. The van der Waals surface area contributed by atoms with Crippen LogP contribution in [0.15, 0.2) is 48.5 Å². The summed E-state index contributed by atoms with van der Waals surface area (Å²) in [5.41, 5.74) is 3.10. The second-order valence-electron chi connectivity index (χ2n) is 6.27. The first kappa shape index (κ1) is 14.4. The van der Waals surface area contributed by atoms with Gasteiger partial charge in [0, 0.05) is 0 Å². The van der Waals surface area contributed by atoms with Gasteiger partial charge in [0.25, 0.3) is 0 Å². The summed E-state index contributed by atoms with van der Waals surface area (Å²) >= 11 is 0. The van der Waals surface area contributed by atoms with Gasteiger partial charge in [-0.1, -0.05) is 48.6 Å². The molecule has 3 heteroatoms. The highest BCUT2D eigenvalue weighted by molar-refractivity contribution is 6.03. The Kier molecular flexibility index (Phi) is 3.49. The third-order valence-electron chi connectivity index (χ3n) is 3.37. The maximum atomic E-state index is 12.8. The minimum absolute atomic E-state index is 0.365. The molecule has 3 nitrogen and oxygen atoms in total. The summed E-state index contributed by atoms with van der Waals surface area (Å²) in [6.45, 7) is 5.62. The molecule has 22 heavy (non-hydrogen) atoms. The molecule has 0 saturated heterocycles. The van der Waals surface area contributed by atoms with Crippen LogP contribution in [0.5, 0.6) is 0 Å². The first-order valence-corrected chi connectivity index (χ1v) is 7.35. The lowest BCUT2D eigenvalue weighted by atomic mass is 10.1. The summed E-state index contributed by atoms with van der Waals surface area (Å²) in [7, 11) is 0. The molecular formula is C19H19NO2. The largest absolute Gasteiger partial charge is 0.443 e. The molecule has 0 saturated carbocycles. The number of hydrogen-bond acceptors (Lipinski definition) is 2. The van der Waals surface area contributed by atoms with Crippen LogP contribution < -0.4 is 4.90 Å². The lowest BCUT2D eigenvalue weighted by Crippen LogP contribution is -2.34. The number of carbonyl (C=O) groups excluding carboxylic acids is 1. The Morgan fingerprint density at radius 2 is 1.32 bits per heavy atom. The summed E-state index contributed by atoms with van der Waals surface area (Å²) < 4.78 is 5.61. The van der Waals surface area contributed by atoms with E-state index >= 15 is 0 Å². The van der Waals surface area contributed by atoms with Crippen LogP contribution in [0, 0.1) is 0 Å². The minimum Gasteiger partial charge on any atom is -0.443 e. The number of para-hydroxylation sites is 2. The molecule has 0 spiro atoms. The molecule has 0 aromatic heterocycles. The maximum Gasteiger partial charge on any atom is 0.419 e. The summed E-state index contributed by atoms with van der Waals surface area (Å²) in [4.78, 5) is 14.4. The molecule has 2 aromatic rings. The Hall–Kier alpha value is -2.55. The summed E-state index contributed by atoms with van der Waals surface area (Å²) in [5.74, 6) is 0. The van der Waals surface area contributed by atoms with Gasteiger partial charge in [-0.15, -0.1) is 0 Å². The topological polar surface area (TPSA) is 29.5 Å². The molecule has 1 heterocycles. The van der Waals surface area contributed by atoms with Crippen LogP contribution in [-0.2, 0) is 4.74 Å². The van der Waals surface area contributed by atoms with Gasteiger partial charge in [-0.05, 0) is 44.0 Å². The smallest absolute Gasteiger partial charge is 0.419 e. The molecule has 0 aliphatic carbocycles. The number of anilines is 2. The molecule has 1 amide bonds. The van der Waals surface area contributed by atoms with Gasteiger partial charge in [-0.25, -0.2) is 9.69 Å². The molecule has 0 N–H and O–H groups in total. The Balaban J connectivity index is 2.15. The number of carbonyl (C=O) groups is 1. The fourth-order valence-electron chi connectivity index (χ4n) is 2.48. The molecule has 1 aliphatic heterocycles. The zero-order valence-corrected chi connectivity index (χ0v) is 13.0. The summed E-state index contributed by atoms with van der Waals surface area (Å²) in [6, 6.07) is 15.6. The highest BCUT2D eigenvalue weighted by Gasteiger charge is 2.28. The summed E-state index contributed by atoms with van der Waals surface area (Å²) in [6.07, 6.45) is 3.69. The SMILES string of the molecule is CC(C)(C)OC(=O)N1c2ccccc2C=Cc2ccccc21. The third-order valence-corrected chi connectivity index (χ3v) is 3.37. The Bertz CT molecular complexity index is 692. The number of ether oxygens (including phenoxy) is 1. The quantitative estimate of drug-likeness (QED) is 0.664. The Labute approximate surface area is 130 Å². The van der Waals surface area contributed by atoms with E-state index in [4.69, 9.17) is 4.74 Å². The molecule has 0 bridgehead atoms. The van der Waals surface area contributed by atoms with Crippen LogP contribution in [0.1, 0.15) is 31.9 Å². The first-order valence-electron chi connectivity index (χ1n) is 7.35. The van der Waals surface area contributed by atoms with Gasteiger partial charge in [-0.2, -0.15) is 0 Å². The van der Waals surface area contributed by atoms with Gasteiger partial charge < -0.3 is 4.74 Å². The van der Waals surface area contributed by atoms with Gasteiger partial charge in [0.05, 0.1) is 11.4 Å². The normalized spacial score (nSPS) is 13.1. The van der Waals surface area contributed by atoms with Crippen LogP contribution in [-0.4, -0.2) is 11.7 Å². The molecule has 0 atom stereocenters. The highest BCUT2D eigenvalue weighted by Crippen LogP contribution is 2.37. The van der Waals surface area contributed by atoms with Crippen molar-refractivity contribution in [2.75, 3.05) is 4.90 Å². The van der Waals surface area contributed by atoms with Crippen LogP contribution in [0.3, 0.4) is 0 Å². The zero-order valence-electron chi connectivity index (χ0n) is 13.0. The Morgan fingerprint density at radius 1 is 0.864 bits per heavy atom. The van der Waals surface area contributed by atoms with Gasteiger partial charge in [0.1, 0.15) is 5.60 Å². The number of benzene rings is 2. The lowest BCUT2D eigenvalue weighted by molar-refractivity contribution is 0.0599. The average Bonchev–Trinajstić information content (AvgIpc) is 2.62. The number of rotatable bonds is 0. The van der Waals surface area contributed by atoms with Crippen molar-refractivity contribution >= 4 is 29.6 Å². The van der Waals surface area contributed by atoms with Crippen molar-refractivity contribution in [2.45, 2.75) is 26.4 Å². The van der Waals surface area contributed by atoms with Crippen molar-refractivity contribution in [1.29, 1.82) is 0 Å². The highest BCUT2D eigenvalue weighted by atomic mass is 16.6. The molecule has 2 aromatic carbocycles. The average molecular weight is 293 g/mol. The van der Waals surface area contributed by atoms with Crippen molar-refractivity contribution in [2.24, 2.45) is 0 Å². The lowest BCUT2D eigenvalue weighted by Gasteiger charge is -2.28. The van der Waals surface area contributed by atoms with E-state index in [1.165, 1.54) is 0 Å².